The molecular formula is C16H25N3O. The van der Waals surface area contributed by atoms with Gasteiger partial charge >= 0.3 is 0 Å². The van der Waals surface area contributed by atoms with E-state index in [0.717, 1.165) is 18.7 Å². The third-order valence-electron chi connectivity index (χ3n) is 3.22. The minimum Gasteiger partial charge on any atom is -0.374 e. The Morgan fingerprint density at radius 2 is 2.00 bits per heavy atom. The number of aryl methyl sites for hydroxylation is 1. The molecule has 1 unspecified atom stereocenters. The molecule has 2 N–H and O–H groups in total. The van der Waals surface area contributed by atoms with E-state index in [9.17, 15) is 0 Å². The normalized spacial score (nSPS) is 13.8. The van der Waals surface area contributed by atoms with E-state index in [2.05, 4.69) is 24.2 Å². The summed E-state index contributed by atoms with van der Waals surface area (Å²) in [5, 5.41) is 5.87. The van der Waals surface area contributed by atoms with Crippen LogP contribution in [0.1, 0.15) is 33.4 Å². The number of ether oxygens (including phenoxy) is 1. The average molecular weight is 275 g/mol. The van der Waals surface area contributed by atoms with Gasteiger partial charge in [-0.1, -0.05) is 18.2 Å². The number of fused-ring (bicyclic) bond motifs is 1. The summed E-state index contributed by atoms with van der Waals surface area (Å²) >= 11 is 0. The fourth-order valence-corrected chi connectivity index (χ4v) is 2.25. The van der Waals surface area contributed by atoms with Crippen molar-refractivity contribution < 1.29 is 4.74 Å². The SMILES string of the molecule is CCn1nc(CC(N)COC(C)(C)C)c2ccccc21. The summed E-state index contributed by atoms with van der Waals surface area (Å²) in [6.45, 7) is 9.65. The summed E-state index contributed by atoms with van der Waals surface area (Å²) < 4.78 is 7.78. The monoisotopic (exact) mass is 275 g/mol. The molecule has 20 heavy (non-hydrogen) atoms. The van der Waals surface area contributed by atoms with E-state index < -0.39 is 0 Å². The van der Waals surface area contributed by atoms with Gasteiger partial charge in [-0.2, -0.15) is 5.10 Å². The van der Waals surface area contributed by atoms with Crippen LogP contribution < -0.4 is 5.73 Å². The summed E-state index contributed by atoms with van der Waals surface area (Å²) in [6.07, 6.45) is 0.740. The Bertz CT molecular complexity index is 569. The van der Waals surface area contributed by atoms with E-state index >= 15 is 0 Å². The van der Waals surface area contributed by atoms with Gasteiger partial charge in [-0.25, -0.2) is 0 Å². The van der Waals surface area contributed by atoms with Crippen molar-refractivity contribution in [3.63, 3.8) is 0 Å². The maximum atomic E-state index is 6.18. The van der Waals surface area contributed by atoms with Crippen LogP contribution >= 0.6 is 0 Å². The van der Waals surface area contributed by atoms with E-state index in [1.165, 1.54) is 10.9 Å². The Labute approximate surface area is 120 Å². The highest BCUT2D eigenvalue weighted by Gasteiger charge is 2.16. The van der Waals surface area contributed by atoms with Crippen molar-refractivity contribution in [1.82, 2.24) is 9.78 Å². The molecule has 0 saturated carbocycles. The van der Waals surface area contributed by atoms with Crippen molar-refractivity contribution in [2.24, 2.45) is 5.73 Å². The molecule has 1 aromatic heterocycles. The maximum Gasteiger partial charge on any atom is 0.0719 e. The van der Waals surface area contributed by atoms with Crippen molar-refractivity contribution in [3.05, 3.63) is 30.0 Å². The van der Waals surface area contributed by atoms with Gasteiger partial charge < -0.3 is 10.5 Å². The minimum atomic E-state index is -0.150. The molecule has 4 nitrogen and oxygen atoms in total. The summed E-state index contributed by atoms with van der Waals surface area (Å²) in [6, 6.07) is 8.28. The highest BCUT2D eigenvalue weighted by atomic mass is 16.5. The molecule has 1 atom stereocenters. The fourth-order valence-electron chi connectivity index (χ4n) is 2.25. The number of hydrogen-bond donors (Lipinski definition) is 1. The Morgan fingerprint density at radius 3 is 2.65 bits per heavy atom. The Balaban J connectivity index is 2.13. The molecule has 110 valence electrons. The van der Waals surface area contributed by atoms with Gasteiger partial charge in [0.25, 0.3) is 0 Å². The first-order chi connectivity index (χ1) is 9.40. The molecule has 0 spiro atoms. The zero-order valence-corrected chi connectivity index (χ0v) is 12.9. The number of nitrogens with zero attached hydrogens (tertiary/aromatic N) is 2. The molecule has 0 amide bonds. The highest BCUT2D eigenvalue weighted by Crippen LogP contribution is 2.19. The smallest absolute Gasteiger partial charge is 0.0719 e. The Hall–Kier alpha value is -1.39. The molecule has 1 heterocycles. The minimum absolute atomic E-state index is 0.0298. The molecule has 2 rings (SSSR count). The van der Waals surface area contributed by atoms with Crippen LogP contribution in [0.4, 0.5) is 0 Å². The number of rotatable bonds is 5. The predicted molar refractivity (Wildman–Crippen MR) is 82.8 cm³/mol. The van der Waals surface area contributed by atoms with Gasteiger partial charge in [0.15, 0.2) is 0 Å². The van der Waals surface area contributed by atoms with Gasteiger partial charge in [0, 0.05) is 24.4 Å². The first kappa shape index (κ1) is 15.0. The van der Waals surface area contributed by atoms with Crippen molar-refractivity contribution in [2.45, 2.75) is 52.3 Å². The van der Waals surface area contributed by atoms with Crippen LogP contribution in [-0.4, -0.2) is 28.0 Å². The zero-order chi connectivity index (χ0) is 14.8. The fraction of sp³-hybridized carbons (Fsp3) is 0.562. The molecule has 0 bridgehead atoms. The zero-order valence-electron chi connectivity index (χ0n) is 12.9. The predicted octanol–water partition coefficient (Wildman–Crippen LogP) is 2.74. The number of hydrogen-bond acceptors (Lipinski definition) is 3. The van der Waals surface area contributed by atoms with Crippen LogP contribution in [0.15, 0.2) is 24.3 Å². The lowest BCUT2D eigenvalue weighted by molar-refractivity contribution is -0.00990. The second kappa shape index (κ2) is 5.94. The van der Waals surface area contributed by atoms with Crippen LogP contribution in [0.25, 0.3) is 10.9 Å². The van der Waals surface area contributed by atoms with Gasteiger partial charge in [0.05, 0.1) is 23.4 Å². The van der Waals surface area contributed by atoms with E-state index in [-0.39, 0.29) is 11.6 Å². The summed E-state index contributed by atoms with van der Waals surface area (Å²) in [7, 11) is 0. The largest absolute Gasteiger partial charge is 0.374 e. The van der Waals surface area contributed by atoms with Crippen molar-refractivity contribution in [3.8, 4) is 0 Å². The molecule has 2 aromatic rings. The Morgan fingerprint density at radius 1 is 1.30 bits per heavy atom. The van der Waals surface area contributed by atoms with Crippen molar-refractivity contribution >= 4 is 10.9 Å². The van der Waals surface area contributed by atoms with Crippen LogP contribution in [0.3, 0.4) is 0 Å². The molecular weight excluding hydrogens is 250 g/mol. The third kappa shape index (κ3) is 3.58. The molecule has 4 heteroatoms. The van der Waals surface area contributed by atoms with Gasteiger partial charge in [-0.05, 0) is 33.8 Å². The highest BCUT2D eigenvalue weighted by molar-refractivity contribution is 5.82. The molecule has 0 aliphatic carbocycles. The standard InChI is InChI=1S/C16H25N3O/c1-5-19-15-9-7-6-8-13(15)14(18-19)10-12(17)11-20-16(2,3)4/h6-9,12H,5,10-11,17H2,1-4H3. The lowest BCUT2D eigenvalue weighted by atomic mass is 10.1. The van der Waals surface area contributed by atoms with Crippen LogP contribution in [-0.2, 0) is 17.7 Å². The maximum absolute atomic E-state index is 6.18. The molecule has 1 aromatic carbocycles. The summed E-state index contributed by atoms with van der Waals surface area (Å²) in [5.74, 6) is 0. The van der Waals surface area contributed by atoms with Gasteiger partial charge in [0.2, 0.25) is 0 Å². The average Bonchev–Trinajstić information content (AvgIpc) is 2.74. The lowest BCUT2D eigenvalue weighted by Gasteiger charge is -2.22. The third-order valence-corrected chi connectivity index (χ3v) is 3.22. The number of para-hydroxylation sites is 1. The molecule has 0 aliphatic heterocycles. The van der Waals surface area contributed by atoms with E-state index in [4.69, 9.17) is 10.5 Å². The first-order valence-corrected chi connectivity index (χ1v) is 7.24. The second-order valence-electron chi connectivity index (χ2n) is 6.17. The molecule has 0 radical (unpaired) electrons. The van der Waals surface area contributed by atoms with Gasteiger partial charge in [-0.3, -0.25) is 4.68 Å². The van der Waals surface area contributed by atoms with Crippen molar-refractivity contribution in [2.75, 3.05) is 6.61 Å². The van der Waals surface area contributed by atoms with Crippen molar-refractivity contribution in [1.29, 1.82) is 0 Å². The summed E-state index contributed by atoms with van der Waals surface area (Å²) in [4.78, 5) is 0. The Kier molecular flexibility index (Phi) is 4.45. The van der Waals surface area contributed by atoms with Crippen LogP contribution in [0.5, 0.6) is 0 Å². The van der Waals surface area contributed by atoms with Gasteiger partial charge in [0.1, 0.15) is 0 Å². The second-order valence-corrected chi connectivity index (χ2v) is 6.17. The number of aromatic nitrogens is 2. The number of benzene rings is 1. The van der Waals surface area contributed by atoms with Crippen LogP contribution in [0, 0.1) is 0 Å². The van der Waals surface area contributed by atoms with Gasteiger partial charge in [-0.15, -0.1) is 0 Å². The van der Waals surface area contributed by atoms with E-state index in [1.807, 2.05) is 37.6 Å². The molecule has 0 aliphatic rings. The summed E-state index contributed by atoms with van der Waals surface area (Å²) in [5.41, 5.74) is 8.27. The first-order valence-electron chi connectivity index (χ1n) is 7.24. The van der Waals surface area contributed by atoms with E-state index in [0.29, 0.717) is 6.61 Å². The molecule has 0 fully saturated rings. The number of nitrogens with two attached hydrogens (primary N) is 1. The lowest BCUT2D eigenvalue weighted by Crippen LogP contribution is -2.33. The quantitative estimate of drug-likeness (QED) is 0.913. The topological polar surface area (TPSA) is 53.1 Å². The molecule has 0 saturated heterocycles. The van der Waals surface area contributed by atoms with Crippen LogP contribution in [0.2, 0.25) is 0 Å². The van der Waals surface area contributed by atoms with E-state index in [1.54, 1.807) is 0 Å².